The lowest BCUT2D eigenvalue weighted by Gasteiger charge is -2.53. The zero-order valence-corrected chi connectivity index (χ0v) is 22.7. The molecule has 1 aliphatic heterocycles. The molecule has 2 N–H and O–H groups in total. The van der Waals surface area contributed by atoms with Crippen molar-refractivity contribution < 1.29 is 19.5 Å². The van der Waals surface area contributed by atoms with E-state index >= 15 is 0 Å². The van der Waals surface area contributed by atoms with Crippen molar-refractivity contribution in [3.63, 3.8) is 0 Å². The molecule has 2 aromatic rings. The third kappa shape index (κ3) is 5.13. The number of halogens is 2. The van der Waals surface area contributed by atoms with Crippen LogP contribution in [0.5, 0.6) is 0 Å². The molecule has 0 saturated heterocycles. The van der Waals surface area contributed by atoms with Gasteiger partial charge in [0.25, 0.3) is 11.8 Å². The second kappa shape index (κ2) is 11.2. The van der Waals surface area contributed by atoms with Crippen molar-refractivity contribution in [1.29, 1.82) is 0 Å². The van der Waals surface area contributed by atoms with Gasteiger partial charge in [-0.1, -0.05) is 60.5 Å². The zero-order chi connectivity index (χ0) is 26.9. The van der Waals surface area contributed by atoms with E-state index in [4.69, 9.17) is 28.0 Å². The van der Waals surface area contributed by atoms with E-state index in [1.807, 2.05) is 54.3 Å². The van der Waals surface area contributed by atoms with Gasteiger partial charge in [0, 0.05) is 33.3 Å². The number of carbonyl (C=O) groups excluding carboxylic acids is 2. The number of aromatic nitrogens is 1. The molecule has 7 nitrogen and oxygen atoms in total. The Labute approximate surface area is 232 Å². The first-order valence-electron chi connectivity index (χ1n) is 12.9. The summed E-state index contributed by atoms with van der Waals surface area (Å²) < 4.78 is 0. The highest BCUT2D eigenvalue weighted by atomic mass is 35.5. The quantitative estimate of drug-likeness (QED) is 0.478. The summed E-state index contributed by atoms with van der Waals surface area (Å²) in [5.74, 6) is -1.24. The minimum absolute atomic E-state index is 0.102. The van der Waals surface area contributed by atoms with E-state index in [2.05, 4.69) is 10.5 Å². The van der Waals surface area contributed by atoms with Gasteiger partial charge in [0.1, 0.15) is 6.61 Å². The molecule has 2 amide bonds. The van der Waals surface area contributed by atoms with Crippen molar-refractivity contribution in [2.45, 2.75) is 69.7 Å². The molecule has 2 aliphatic carbocycles. The molecule has 3 aliphatic rings. The van der Waals surface area contributed by atoms with E-state index in [9.17, 15) is 14.7 Å². The Balaban J connectivity index is 1.55. The van der Waals surface area contributed by atoms with Gasteiger partial charge in [-0.2, -0.15) is 0 Å². The number of nitrogens with one attached hydrogen (secondary N) is 1. The second-order valence-corrected chi connectivity index (χ2v) is 11.3. The van der Waals surface area contributed by atoms with E-state index in [1.165, 1.54) is 0 Å². The summed E-state index contributed by atoms with van der Waals surface area (Å²) in [5, 5.41) is 11.2. The maximum absolute atomic E-state index is 14.1. The third-order valence-corrected chi connectivity index (χ3v) is 8.83. The van der Waals surface area contributed by atoms with Crippen molar-refractivity contribution in [2.75, 3.05) is 0 Å². The molecular formula is C29H31Cl2N3O4. The fourth-order valence-corrected chi connectivity index (χ4v) is 6.54. The molecule has 200 valence electrons. The molecule has 2 heterocycles. The summed E-state index contributed by atoms with van der Waals surface area (Å²) in [6, 6.07) is 12.0. The van der Waals surface area contributed by atoms with E-state index < -0.39 is 17.4 Å². The summed E-state index contributed by atoms with van der Waals surface area (Å²) in [7, 11) is 0. The molecule has 1 saturated carbocycles. The van der Waals surface area contributed by atoms with Gasteiger partial charge in [0.05, 0.1) is 23.8 Å². The van der Waals surface area contributed by atoms with Gasteiger partial charge in [0.15, 0.2) is 0 Å². The maximum atomic E-state index is 14.1. The monoisotopic (exact) mass is 555 g/mol. The SMILES string of the molecule is CC1([C@H]2[C@H](C(=O)NOCc3ccccn3)c3ccccc3C(=O)N2[C@H]2CC[C@H](O)CC2)CC=C(Cl)C=C1Cl. The van der Waals surface area contributed by atoms with Gasteiger partial charge in [0.2, 0.25) is 0 Å². The van der Waals surface area contributed by atoms with Crippen LogP contribution < -0.4 is 5.48 Å². The molecule has 5 rings (SSSR count). The first-order chi connectivity index (χ1) is 18.3. The summed E-state index contributed by atoms with van der Waals surface area (Å²) >= 11 is 13.2. The van der Waals surface area contributed by atoms with Crippen LogP contribution in [0.2, 0.25) is 0 Å². The predicted molar refractivity (Wildman–Crippen MR) is 145 cm³/mol. The average Bonchev–Trinajstić information content (AvgIpc) is 2.92. The highest BCUT2D eigenvalue weighted by Gasteiger charge is 2.55. The van der Waals surface area contributed by atoms with Crippen LogP contribution in [0.25, 0.3) is 0 Å². The number of nitrogens with zero attached hydrogens (tertiary/aromatic N) is 2. The average molecular weight is 556 g/mol. The Morgan fingerprint density at radius 2 is 1.89 bits per heavy atom. The summed E-state index contributed by atoms with van der Waals surface area (Å²) in [5.41, 5.74) is 3.67. The fraction of sp³-hybridized carbons (Fsp3) is 0.414. The van der Waals surface area contributed by atoms with Crippen molar-refractivity contribution in [1.82, 2.24) is 15.4 Å². The summed E-state index contributed by atoms with van der Waals surface area (Å²) in [6.45, 7) is 2.09. The Hall–Kier alpha value is -2.71. The van der Waals surface area contributed by atoms with Gasteiger partial charge < -0.3 is 10.0 Å². The van der Waals surface area contributed by atoms with Crippen molar-refractivity contribution in [2.24, 2.45) is 5.41 Å². The zero-order valence-electron chi connectivity index (χ0n) is 21.1. The number of pyridine rings is 1. The smallest absolute Gasteiger partial charge is 0.254 e. The number of aliphatic hydroxyl groups is 1. The summed E-state index contributed by atoms with van der Waals surface area (Å²) in [4.78, 5) is 39.8. The standard InChI is InChI=1S/C29H31Cl2N3O4/c1-29(14-13-18(30)16-24(29)31)26-25(27(36)33-38-17-19-6-4-5-15-32-19)22-7-2-3-8-23(22)28(37)34(26)20-9-11-21(35)12-10-20/h2-8,13,15-16,20-21,25-26,35H,9-12,14,17H2,1H3,(H,33,36)/t20-,21-,25-,26-,29?/m1/s1. The number of rotatable bonds is 6. The van der Waals surface area contributed by atoms with Crippen LogP contribution in [-0.4, -0.2) is 45.0 Å². The highest BCUT2D eigenvalue weighted by molar-refractivity contribution is 6.35. The highest BCUT2D eigenvalue weighted by Crippen LogP contribution is 2.52. The maximum Gasteiger partial charge on any atom is 0.254 e. The van der Waals surface area contributed by atoms with Crippen molar-refractivity contribution in [3.05, 3.63) is 87.7 Å². The van der Waals surface area contributed by atoms with E-state index in [0.29, 0.717) is 59.0 Å². The molecule has 1 unspecified atom stereocenters. The Morgan fingerprint density at radius 1 is 1.16 bits per heavy atom. The molecule has 38 heavy (non-hydrogen) atoms. The number of allylic oxidation sites excluding steroid dienone is 3. The molecule has 0 spiro atoms. The van der Waals surface area contributed by atoms with Gasteiger partial charge in [-0.05, 0) is 61.9 Å². The van der Waals surface area contributed by atoms with Crippen molar-refractivity contribution >= 4 is 35.0 Å². The van der Waals surface area contributed by atoms with E-state index in [0.717, 1.165) is 0 Å². The first-order valence-corrected chi connectivity index (χ1v) is 13.7. The molecule has 0 radical (unpaired) electrons. The Morgan fingerprint density at radius 3 is 2.61 bits per heavy atom. The van der Waals surface area contributed by atoms with Crippen LogP contribution in [0, 0.1) is 5.41 Å². The molecule has 3 atom stereocenters. The number of hydroxylamine groups is 1. The van der Waals surface area contributed by atoms with Crippen LogP contribution in [0.15, 0.2) is 70.9 Å². The lowest BCUT2D eigenvalue weighted by Crippen LogP contribution is -2.62. The molecular weight excluding hydrogens is 525 g/mol. The third-order valence-electron chi connectivity index (χ3n) is 8.02. The molecule has 1 fully saturated rings. The number of aliphatic hydroxyl groups excluding tert-OH is 1. The van der Waals surface area contributed by atoms with Gasteiger partial charge in [-0.25, -0.2) is 5.48 Å². The largest absolute Gasteiger partial charge is 0.393 e. The van der Waals surface area contributed by atoms with E-state index in [-0.39, 0.29) is 30.6 Å². The summed E-state index contributed by atoms with van der Waals surface area (Å²) in [6.07, 6.45) is 7.81. The van der Waals surface area contributed by atoms with Gasteiger partial charge >= 0.3 is 0 Å². The van der Waals surface area contributed by atoms with Crippen LogP contribution in [0.4, 0.5) is 0 Å². The van der Waals surface area contributed by atoms with Gasteiger partial charge in [-0.15, -0.1) is 0 Å². The minimum Gasteiger partial charge on any atom is -0.393 e. The normalized spacial score (nSPS) is 29.3. The minimum atomic E-state index is -0.776. The first kappa shape index (κ1) is 26.9. The second-order valence-electron chi connectivity index (χ2n) is 10.5. The molecule has 1 aromatic heterocycles. The molecule has 9 heteroatoms. The number of benzene rings is 1. The van der Waals surface area contributed by atoms with Crippen LogP contribution in [-0.2, 0) is 16.2 Å². The van der Waals surface area contributed by atoms with Crippen molar-refractivity contribution in [3.8, 4) is 0 Å². The van der Waals surface area contributed by atoms with Crippen LogP contribution >= 0.6 is 23.2 Å². The topological polar surface area (TPSA) is 91.8 Å². The van der Waals surface area contributed by atoms with Crippen LogP contribution in [0.1, 0.15) is 66.6 Å². The number of hydrogen-bond acceptors (Lipinski definition) is 5. The lowest BCUT2D eigenvalue weighted by molar-refractivity contribution is -0.139. The predicted octanol–water partition coefficient (Wildman–Crippen LogP) is 5.20. The Kier molecular flexibility index (Phi) is 7.91. The Bertz CT molecular complexity index is 1260. The molecule has 1 aromatic carbocycles. The van der Waals surface area contributed by atoms with Gasteiger partial charge in [-0.3, -0.25) is 19.4 Å². The number of fused-ring (bicyclic) bond motifs is 1. The fourth-order valence-electron chi connectivity index (χ4n) is 5.99. The number of hydrogen-bond donors (Lipinski definition) is 2. The van der Waals surface area contributed by atoms with E-state index in [1.54, 1.807) is 18.3 Å². The molecule has 0 bridgehead atoms. The lowest BCUT2D eigenvalue weighted by atomic mass is 9.65. The van der Waals surface area contributed by atoms with Crippen LogP contribution in [0.3, 0.4) is 0 Å². The number of carbonyl (C=O) groups is 2. The number of amides is 2.